The van der Waals surface area contributed by atoms with E-state index >= 15 is 0 Å². The van der Waals surface area contributed by atoms with Crippen molar-refractivity contribution in [2.75, 3.05) is 37.5 Å². The molecule has 3 aromatic heterocycles. The Balaban J connectivity index is 1.18. The Kier molecular flexibility index (Phi) is 7.03. The molecular formula is C27H26N8O5S2. The van der Waals surface area contributed by atoms with Crippen molar-refractivity contribution in [2.45, 2.75) is 23.8 Å². The summed E-state index contributed by atoms with van der Waals surface area (Å²) >= 11 is 0.912. The van der Waals surface area contributed by atoms with E-state index in [4.69, 9.17) is 0 Å². The third-order valence-corrected chi connectivity index (χ3v) is 10.3. The first-order chi connectivity index (χ1) is 20.2. The number of nitrogens with one attached hydrogen (secondary N) is 1. The third kappa shape index (κ3) is 4.72. The Hall–Kier alpha value is -4.55. The van der Waals surface area contributed by atoms with Crippen molar-refractivity contribution in [3.05, 3.63) is 60.2 Å². The van der Waals surface area contributed by atoms with Crippen molar-refractivity contribution in [2.24, 2.45) is 11.8 Å². The average molecular weight is 607 g/mol. The van der Waals surface area contributed by atoms with Gasteiger partial charge in [-0.25, -0.2) is 27.0 Å². The first-order valence-electron chi connectivity index (χ1n) is 13.1. The molecule has 1 unspecified atom stereocenters. The number of pyridine rings is 1. The summed E-state index contributed by atoms with van der Waals surface area (Å²) in [5.41, 5.74) is 1.26. The van der Waals surface area contributed by atoms with E-state index in [9.17, 15) is 23.3 Å². The smallest absolute Gasteiger partial charge is 0.377 e. The van der Waals surface area contributed by atoms with Crippen LogP contribution in [0.3, 0.4) is 0 Å². The van der Waals surface area contributed by atoms with Crippen LogP contribution in [-0.2, 0) is 14.8 Å². The topological polar surface area (TPSA) is 163 Å². The van der Waals surface area contributed by atoms with Gasteiger partial charge in [0.2, 0.25) is 5.13 Å². The summed E-state index contributed by atoms with van der Waals surface area (Å²) in [6.07, 6.45) is 4.50. The van der Waals surface area contributed by atoms with Gasteiger partial charge in [0, 0.05) is 55.5 Å². The van der Waals surface area contributed by atoms with Crippen molar-refractivity contribution in [1.82, 2.24) is 23.2 Å². The van der Waals surface area contributed by atoms with Crippen molar-refractivity contribution in [3.8, 4) is 6.07 Å². The number of benzene rings is 1. The fraction of sp³-hybridized carbons (Fsp3) is 0.333. The Labute approximate surface area is 245 Å². The maximum atomic E-state index is 13.4. The molecule has 0 radical (unpaired) electrons. The van der Waals surface area contributed by atoms with Crippen molar-refractivity contribution in [3.63, 3.8) is 0 Å². The molecule has 2 fully saturated rings. The number of carbonyl (C=O) groups is 2. The van der Waals surface area contributed by atoms with Crippen LogP contribution in [-0.4, -0.2) is 76.9 Å². The van der Waals surface area contributed by atoms with E-state index in [1.165, 1.54) is 31.6 Å². The number of fused-ring (bicyclic) bond motifs is 2. The van der Waals surface area contributed by atoms with E-state index in [0.29, 0.717) is 29.7 Å². The van der Waals surface area contributed by atoms with Crippen LogP contribution in [0.2, 0.25) is 0 Å². The number of urea groups is 1. The SMILES string of the molecule is COC(=O)c1nsc(NC(=O)N2C[C@H]3CC(N(C)c4c(C#N)cnc5c4ccn5S(=O)(=O)c4ccccc4)C[C@H]3C2)n1. The highest BCUT2D eigenvalue weighted by molar-refractivity contribution is 7.90. The number of aromatic nitrogens is 4. The molecule has 1 aliphatic carbocycles. The lowest BCUT2D eigenvalue weighted by atomic mass is 10.0. The second-order valence-corrected chi connectivity index (χ2v) is 12.9. The lowest BCUT2D eigenvalue weighted by molar-refractivity contribution is 0.0588. The Morgan fingerprint density at radius 3 is 2.55 bits per heavy atom. The van der Waals surface area contributed by atoms with Gasteiger partial charge in [-0.3, -0.25) is 5.32 Å². The highest BCUT2D eigenvalue weighted by Crippen LogP contribution is 2.43. The molecule has 13 nitrogen and oxygen atoms in total. The van der Waals surface area contributed by atoms with E-state index in [-0.39, 0.29) is 45.4 Å². The zero-order chi connectivity index (χ0) is 29.6. The van der Waals surface area contributed by atoms with Crippen LogP contribution in [0.25, 0.3) is 11.0 Å². The van der Waals surface area contributed by atoms with Gasteiger partial charge in [0.1, 0.15) is 6.07 Å². The molecule has 216 valence electrons. The minimum atomic E-state index is -3.88. The molecule has 4 aromatic rings. The van der Waals surface area contributed by atoms with Crippen molar-refractivity contribution < 1.29 is 22.7 Å². The first kappa shape index (κ1) is 27.6. The molecule has 1 saturated carbocycles. The van der Waals surface area contributed by atoms with Crippen LogP contribution in [0.4, 0.5) is 15.6 Å². The first-order valence-corrected chi connectivity index (χ1v) is 15.3. The number of hydrogen-bond acceptors (Lipinski definition) is 11. The number of ether oxygens (including phenoxy) is 1. The Bertz CT molecular complexity index is 1820. The average Bonchev–Trinajstić information content (AvgIpc) is 3.79. The van der Waals surface area contributed by atoms with Gasteiger partial charge in [-0.1, -0.05) is 18.2 Å². The number of methoxy groups -OCH3 is 1. The van der Waals surface area contributed by atoms with Gasteiger partial charge in [-0.2, -0.15) is 14.6 Å². The molecule has 42 heavy (non-hydrogen) atoms. The molecule has 1 N–H and O–H groups in total. The molecule has 2 amide bonds. The number of nitriles is 1. The number of hydrogen-bond donors (Lipinski definition) is 1. The maximum Gasteiger partial charge on any atom is 0.377 e. The van der Waals surface area contributed by atoms with Gasteiger partial charge in [0.15, 0.2) is 5.65 Å². The number of carbonyl (C=O) groups excluding carboxylic acids is 2. The number of rotatable bonds is 6. The number of likely N-dealkylation sites (tertiary alicyclic amines) is 1. The van der Waals surface area contributed by atoms with Crippen LogP contribution in [0.15, 0.2) is 53.7 Å². The maximum absolute atomic E-state index is 13.4. The molecule has 3 atom stereocenters. The molecule has 0 bridgehead atoms. The third-order valence-electron chi connectivity index (χ3n) is 7.99. The lowest BCUT2D eigenvalue weighted by Gasteiger charge is -2.29. The standard InChI is InChI=1S/C27H26N8O5S2/c1-33(19-10-16-14-34(15-17(16)11-19)27(37)31-26-30-23(32-41-26)25(36)40-2)22-18(12-28)13-29-24-21(22)8-9-35(24)42(38,39)20-6-4-3-5-7-20/h3-9,13,16-17,19H,10-11,14-15H2,1-2H3,(H,30,31,32,37)/t16-,17+,19?. The second kappa shape index (κ2) is 10.7. The molecule has 6 rings (SSSR count). The quantitative estimate of drug-likeness (QED) is 0.323. The number of amides is 2. The Morgan fingerprint density at radius 2 is 1.88 bits per heavy atom. The van der Waals surface area contributed by atoms with Crippen LogP contribution in [0, 0.1) is 23.2 Å². The molecule has 15 heteroatoms. The number of esters is 1. The molecule has 4 heterocycles. The van der Waals surface area contributed by atoms with Gasteiger partial charge >= 0.3 is 12.0 Å². The molecule has 1 aromatic carbocycles. The monoisotopic (exact) mass is 606 g/mol. The predicted octanol–water partition coefficient (Wildman–Crippen LogP) is 3.16. The van der Waals surface area contributed by atoms with E-state index in [2.05, 4.69) is 35.4 Å². The van der Waals surface area contributed by atoms with Crippen molar-refractivity contribution >= 4 is 55.4 Å². The summed E-state index contributed by atoms with van der Waals surface area (Å²) in [5.74, 6) is -0.252. The minimum Gasteiger partial charge on any atom is -0.463 e. The van der Waals surface area contributed by atoms with Gasteiger partial charge in [0.25, 0.3) is 15.8 Å². The van der Waals surface area contributed by atoms with Crippen LogP contribution < -0.4 is 10.2 Å². The van der Waals surface area contributed by atoms with Gasteiger partial charge in [-0.05, 0) is 42.9 Å². The summed E-state index contributed by atoms with van der Waals surface area (Å²) in [6.45, 7) is 1.12. The zero-order valence-corrected chi connectivity index (χ0v) is 24.3. The second-order valence-electron chi connectivity index (χ2n) is 10.3. The predicted molar refractivity (Wildman–Crippen MR) is 154 cm³/mol. The van der Waals surface area contributed by atoms with Crippen LogP contribution in [0.5, 0.6) is 0 Å². The fourth-order valence-corrected chi connectivity index (χ4v) is 7.83. The summed E-state index contributed by atoms with van der Waals surface area (Å²) in [5, 5.41) is 13.4. The lowest BCUT2D eigenvalue weighted by Crippen LogP contribution is -2.36. The summed E-state index contributed by atoms with van der Waals surface area (Å²) < 4.78 is 36.4. The number of anilines is 2. The number of nitrogens with zero attached hydrogens (tertiary/aromatic N) is 7. The van der Waals surface area contributed by atoms with E-state index in [1.807, 2.05) is 7.05 Å². The van der Waals surface area contributed by atoms with Crippen LogP contribution in [0.1, 0.15) is 29.0 Å². The molecule has 1 saturated heterocycles. The Morgan fingerprint density at radius 1 is 1.17 bits per heavy atom. The van der Waals surface area contributed by atoms with Crippen molar-refractivity contribution in [1.29, 1.82) is 5.26 Å². The summed E-state index contributed by atoms with van der Waals surface area (Å²) in [4.78, 5) is 36.8. The van der Waals surface area contributed by atoms with Gasteiger partial charge in [0.05, 0.1) is 23.3 Å². The molecule has 1 aliphatic heterocycles. The zero-order valence-electron chi connectivity index (χ0n) is 22.7. The molecule has 0 spiro atoms. The van der Waals surface area contributed by atoms with E-state index < -0.39 is 16.0 Å². The van der Waals surface area contributed by atoms with Gasteiger partial charge < -0.3 is 14.5 Å². The minimum absolute atomic E-state index is 0.0859. The molecular weight excluding hydrogens is 580 g/mol. The van der Waals surface area contributed by atoms with Gasteiger partial charge in [-0.15, -0.1) is 0 Å². The van der Waals surface area contributed by atoms with E-state index in [0.717, 1.165) is 28.3 Å². The highest BCUT2D eigenvalue weighted by atomic mass is 32.2. The highest BCUT2D eigenvalue weighted by Gasteiger charge is 2.44. The fourth-order valence-electron chi connectivity index (χ4n) is 5.96. The van der Waals surface area contributed by atoms with Crippen LogP contribution >= 0.6 is 11.5 Å². The summed E-state index contributed by atoms with van der Waals surface area (Å²) in [7, 11) is -0.722. The molecule has 2 aliphatic rings. The largest absolute Gasteiger partial charge is 0.463 e. The normalized spacial score (nSPS) is 19.8. The van der Waals surface area contributed by atoms with E-state index in [1.54, 1.807) is 29.2 Å². The summed E-state index contributed by atoms with van der Waals surface area (Å²) in [6, 6.07) is 11.8.